The van der Waals surface area contributed by atoms with Crippen LogP contribution in [0.4, 0.5) is 0 Å². The zero-order valence-electron chi connectivity index (χ0n) is 18.4. The van der Waals surface area contributed by atoms with Gasteiger partial charge >= 0.3 is 0 Å². The molecular weight excluding hydrogens is 454 g/mol. The largest absolute Gasteiger partial charge is 0.505 e. The molecule has 0 aliphatic carbocycles. The first kappa shape index (κ1) is 21.9. The summed E-state index contributed by atoms with van der Waals surface area (Å²) in [5.41, 5.74) is 2.33. The molecule has 1 N–H and O–H groups in total. The van der Waals surface area contributed by atoms with Crippen LogP contribution in [0.2, 0.25) is 5.02 Å². The van der Waals surface area contributed by atoms with Crippen molar-refractivity contribution in [3.05, 3.63) is 94.9 Å². The number of aliphatic hydroxyl groups is 1. The van der Waals surface area contributed by atoms with Crippen LogP contribution in [0.1, 0.15) is 29.4 Å². The normalized spacial score (nSPS) is 17.7. The smallest absolute Gasteiger partial charge is 0.295 e. The lowest BCUT2D eigenvalue weighted by molar-refractivity contribution is -0.139. The summed E-state index contributed by atoms with van der Waals surface area (Å²) in [5.74, 6) is -1.60. The summed E-state index contributed by atoms with van der Waals surface area (Å²) in [4.78, 5) is 36.5. The number of likely N-dealkylation sites (tertiary alicyclic amines) is 1. The van der Waals surface area contributed by atoms with Crippen LogP contribution in [0.15, 0.2) is 73.0 Å². The van der Waals surface area contributed by atoms with Crippen LogP contribution < -0.4 is 0 Å². The van der Waals surface area contributed by atoms with E-state index in [9.17, 15) is 14.7 Å². The number of carbonyl (C=O) groups is 2. The second kappa shape index (κ2) is 8.79. The Kier molecular flexibility index (Phi) is 5.67. The summed E-state index contributed by atoms with van der Waals surface area (Å²) < 4.78 is 3.63. The van der Waals surface area contributed by atoms with E-state index in [4.69, 9.17) is 11.6 Å². The van der Waals surface area contributed by atoms with E-state index in [1.807, 2.05) is 29.0 Å². The first-order valence-corrected chi connectivity index (χ1v) is 11.3. The molecule has 1 aliphatic heterocycles. The predicted octanol–water partition coefficient (Wildman–Crippen LogP) is 4.00. The lowest BCUT2D eigenvalue weighted by Crippen LogP contribution is -2.31. The lowest BCUT2D eigenvalue weighted by Gasteiger charge is -2.25. The number of amides is 1. The topological polar surface area (TPSA) is 92.7 Å². The van der Waals surface area contributed by atoms with Crippen molar-refractivity contribution >= 4 is 34.7 Å². The second-order valence-electron chi connectivity index (χ2n) is 8.17. The maximum atomic E-state index is 13.3. The van der Waals surface area contributed by atoms with Crippen LogP contribution in [-0.2, 0) is 16.1 Å². The molecule has 172 valence electrons. The molecule has 1 amide bonds. The molecule has 0 saturated carbocycles. The first-order valence-electron chi connectivity index (χ1n) is 10.9. The molecule has 3 aromatic heterocycles. The second-order valence-corrected chi connectivity index (χ2v) is 8.61. The molecule has 1 atom stereocenters. The molecular formula is C25H22ClN5O3. The molecule has 1 aromatic carbocycles. The van der Waals surface area contributed by atoms with E-state index < -0.39 is 17.7 Å². The van der Waals surface area contributed by atoms with Gasteiger partial charge in [-0.05, 0) is 43.2 Å². The van der Waals surface area contributed by atoms with E-state index in [1.165, 1.54) is 4.90 Å². The minimum Gasteiger partial charge on any atom is -0.505 e. The highest BCUT2D eigenvalue weighted by atomic mass is 35.5. The van der Waals surface area contributed by atoms with Gasteiger partial charge < -0.3 is 14.6 Å². The summed E-state index contributed by atoms with van der Waals surface area (Å²) in [7, 11) is 0. The number of hydrogen-bond donors (Lipinski definition) is 1. The van der Waals surface area contributed by atoms with Gasteiger partial charge in [-0.25, -0.2) is 9.97 Å². The fourth-order valence-corrected chi connectivity index (χ4v) is 4.60. The number of nitrogens with zero attached hydrogens (tertiary/aromatic N) is 5. The van der Waals surface area contributed by atoms with Gasteiger partial charge in [0.15, 0.2) is 5.76 Å². The average molecular weight is 476 g/mol. The number of rotatable bonds is 6. The van der Waals surface area contributed by atoms with E-state index in [0.29, 0.717) is 47.1 Å². The predicted molar refractivity (Wildman–Crippen MR) is 127 cm³/mol. The Morgan fingerprint density at radius 1 is 1.09 bits per heavy atom. The maximum absolute atomic E-state index is 13.3. The van der Waals surface area contributed by atoms with Crippen molar-refractivity contribution in [1.82, 2.24) is 23.8 Å². The fourth-order valence-electron chi connectivity index (χ4n) is 4.47. The zero-order chi connectivity index (χ0) is 23.8. The number of hydrogen-bond acceptors (Lipinski definition) is 5. The number of aliphatic hydroxyl groups excluding tert-OH is 1. The van der Waals surface area contributed by atoms with Gasteiger partial charge in [-0.15, -0.1) is 0 Å². The highest BCUT2D eigenvalue weighted by Gasteiger charge is 2.46. The van der Waals surface area contributed by atoms with Crippen molar-refractivity contribution in [1.29, 1.82) is 0 Å². The van der Waals surface area contributed by atoms with Crippen LogP contribution in [0, 0.1) is 6.92 Å². The number of pyridine rings is 1. The van der Waals surface area contributed by atoms with Gasteiger partial charge in [0.05, 0.1) is 23.6 Å². The van der Waals surface area contributed by atoms with E-state index in [1.54, 1.807) is 54.3 Å². The quantitative estimate of drug-likeness (QED) is 0.258. The van der Waals surface area contributed by atoms with Crippen molar-refractivity contribution in [2.75, 3.05) is 6.54 Å². The van der Waals surface area contributed by atoms with Gasteiger partial charge in [0.25, 0.3) is 11.7 Å². The standard InChI is InChI=1S/C25H22ClN5O3/c1-16-21(30-12-3-2-5-19(30)28-16)23(32)20-22(17-6-8-18(26)9-7-17)31(25(34)24(20)33)13-4-11-29-14-10-27-15-29/h2-3,5-10,12,14-15,22,32H,4,11,13H2,1H3/t22-/m0/s1. The number of benzene rings is 1. The third-order valence-electron chi connectivity index (χ3n) is 6.03. The Hall–Kier alpha value is -3.91. The number of ketones is 1. The number of halogens is 1. The number of imidazole rings is 2. The van der Waals surface area contributed by atoms with Crippen molar-refractivity contribution in [3.8, 4) is 0 Å². The van der Waals surface area contributed by atoms with Gasteiger partial charge in [-0.3, -0.25) is 14.0 Å². The third-order valence-corrected chi connectivity index (χ3v) is 6.28. The summed E-state index contributed by atoms with van der Waals surface area (Å²) in [6.07, 6.45) is 7.62. The molecule has 9 heteroatoms. The Morgan fingerprint density at radius 2 is 1.88 bits per heavy atom. The Labute approximate surface area is 200 Å². The summed E-state index contributed by atoms with van der Waals surface area (Å²) in [5, 5.41) is 12.0. The van der Waals surface area contributed by atoms with E-state index >= 15 is 0 Å². The van der Waals surface area contributed by atoms with Crippen molar-refractivity contribution in [2.24, 2.45) is 0 Å². The van der Waals surface area contributed by atoms with Crippen molar-refractivity contribution in [3.63, 3.8) is 0 Å². The lowest BCUT2D eigenvalue weighted by atomic mass is 9.96. The van der Waals surface area contributed by atoms with E-state index in [2.05, 4.69) is 9.97 Å². The molecule has 34 heavy (non-hydrogen) atoms. The van der Waals surface area contributed by atoms with Crippen molar-refractivity contribution in [2.45, 2.75) is 25.9 Å². The molecule has 1 saturated heterocycles. The van der Waals surface area contributed by atoms with E-state index in [-0.39, 0.29) is 11.3 Å². The minimum atomic E-state index is -0.742. The van der Waals surface area contributed by atoms with Gasteiger partial charge in [-0.1, -0.05) is 29.8 Å². The van der Waals surface area contributed by atoms with Crippen LogP contribution in [0.3, 0.4) is 0 Å². The van der Waals surface area contributed by atoms with Gasteiger partial charge in [0.2, 0.25) is 0 Å². The van der Waals surface area contributed by atoms with Crippen LogP contribution in [-0.4, -0.2) is 47.2 Å². The monoisotopic (exact) mass is 475 g/mol. The number of fused-ring (bicyclic) bond motifs is 1. The van der Waals surface area contributed by atoms with Gasteiger partial charge in [0, 0.05) is 36.7 Å². The number of Topliss-reactive ketones (excluding diaryl/α,β-unsaturated/α-hetero) is 1. The molecule has 0 unspecified atom stereocenters. The maximum Gasteiger partial charge on any atom is 0.295 e. The van der Waals surface area contributed by atoms with E-state index in [0.717, 1.165) is 0 Å². The SMILES string of the molecule is Cc1nc2ccccn2c1C(O)=C1C(=O)C(=O)N(CCCn2ccnc2)[C@H]1c1ccc(Cl)cc1. The molecule has 0 bridgehead atoms. The van der Waals surface area contributed by atoms with Crippen LogP contribution >= 0.6 is 11.6 Å². The molecule has 4 heterocycles. The summed E-state index contributed by atoms with van der Waals surface area (Å²) in [6.45, 7) is 2.74. The first-order chi connectivity index (χ1) is 16.5. The zero-order valence-corrected chi connectivity index (χ0v) is 19.2. The number of aryl methyl sites for hydroxylation is 2. The van der Waals surface area contributed by atoms with Crippen LogP contribution in [0.5, 0.6) is 0 Å². The highest BCUT2D eigenvalue weighted by molar-refractivity contribution is 6.46. The van der Waals surface area contributed by atoms with Gasteiger partial charge in [0.1, 0.15) is 11.3 Å². The molecule has 8 nitrogen and oxygen atoms in total. The number of aromatic nitrogens is 4. The summed E-state index contributed by atoms with van der Waals surface area (Å²) >= 11 is 6.09. The van der Waals surface area contributed by atoms with Crippen molar-refractivity contribution < 1.29 is 14.7 Å². The molecule has 1 fully saturated rings. The molecule has 4 aromatic rings. The van der Waals surface area contributed by atoms with Gasteiger partial charge in [-0.2, -0.15) is 0 Å². The minimum absolute atomic E-state index is 0.0451. The Bertz CT molecular complexity index is 1410. The fraction of sp³-hybridized carbons (Fsp3) is 0.200. The molecule has 0 spiro atoms. The molecule has 0 radical (unpaired) electrons. The van der Waals surface area contributed by atoms with Crippen LogP contribution in [0.25, 0.3) is 11.4 Å². The Balaban J connectivity index is 1.60. The molecule has 1 aliphatic rings. The number of carbonyl (C=O) groups excluding carboxylic acids is 2. The highest BCUT2D eigenvalue weighted by Crippen LogP contribution is 2.40. The summed E-state index contributed by atoms with van der Waals surface area (Å²) in [6, 6.07) is 11.7. The Morgan fingerprint density at radius 3 is 2.62 bits per heavy atom. The average Bonchev–Trinajstić information content (AvgIpc) is 3.52. The molecule has 5 rings (SSSR count). The third kappa shape index (κ3) is 3.76.